The number of benzene rings is 2. The lowest BCUT2D eigenvalue weighted by molar-refractivity contribution is -0.135. The van der Waals surface area contributed by atoms with Gasteiger partial charge in [-0.25, -0.2) is 0 Å². The second-order valence-electron chi connectivity index (χ2n) is 5.84. The number of imide groups is 1. The molecule has 1 heterocycles. The minimum Gasteiger partial charge on any atom is -0.497 e. The summed E-state index contributed by atoms with van der Waals surface area (Å²) in [5.41, 5.74) is 1.71. The van der Waals surface area contributed by atoms with Gasteiger partial charge in [0.15, 0.2) is 11.5 Å². The van der Waals surface area contributed by atoms with Crippen LogP contribution in [0, 0.1) is 0 Å². The van der Waals surface area contributed by atoms with Crippen LogP contribution in [-0.2, 0) is 9.59 Å². The molecule has 0 saturated heterocycles. The van der Waals surface area contributed by atoms with Crippen molar-refractivity contribution in [1.29, 1.82) is 0 Å². The first-order chi connectivity index (χ1) is 13.0. The van der Waals surface area contributed by atoms with Crippen molar-refractivity contribution in [2.45, 2.75) is 0 Å². The molecule has 0 aromatic heterocycles. The van der Waals surface area contributed by atoms with Crippen molar-refractivity contribution in [3.63, 3.8) is 0 Å². The molecule has 2 amide bonds. The van der Waals surface area contributed by atoms with Crippen molar-refractivity contribution >= 4 is 23.1 Å². The molecule has 2 aromatic rings. The Morgan fingerprint density at radius 3 is 2.07 bits per heavy atom. The third-order valence-electron chi connectivity index (χ3n) is 4.32. The van der Waals surface area contributed by atoms with E-state index < -0.39 is 5.91 Å². The molecule has 7 nitrogen and oxygen atoms in total. The number of carbonyl (C=O) groups excluding carboxylic acids is 2. The molecule has 1 N–H and O–H groups in total. The Balaban J connectivity index is 2.06. The van der Waals surface area contributed by atoms with Gasteiger partial charge in [-0.2, -0.15) is 0 Å². The van der Waals surface area contributed by atoms with E-state index in [1.54, 1.807) is 49.6 Å². The summed E-state index contributed by atoms with van der Waals surface area (Å²) in [6.07, 6.45) is 0. The molecule has 0 bridgehead atoms. The van der Waals surface area contributed by atoms with Gasteiger partial charge in [-0.1, -0.05) is 6.07 Å². The van der Waals surface area contributed by atoms with Crippen molar-refractivity contribution in [3.8, 4) is 17.2 Å². The fraction of sp³-hybridized carbons (Fsp3) is 0.200. The first kappa shape index (κ1) is 18.3. The van der Waals surface area contributed by atoms with E-state index in [1.165, 1.54) is 21.3 Å². The molecule has 1 aliphatic rings. The van der Waals surface area contributed by atoms with Gasteiger partial charge in [-0.3, -0.25) is 14.5 Å². The van der Waals surface area contributed by atoms with Crippen LogP contribution in [0.1, 0.15) is 5.56 Å². The van der Waals surface area contributed by atoms with Crippen molar-refractivity contribution < 1.29 is 23.8 Å². The van der Waals surface area contributed by atoms with Gasteiger partial charge < -0.3 is 19.5 Å². The number of nitrogens with zero attached hydrogens (tertiary/aromatic N) is 1. The average molecular weight is 368 g/mol. The van der Waals surface area contributed by atoms with Gasteiger partial charge in [0.1, 0.15) is 11.4 Å². The number of nitrogens with one attached hydrogen (secondary N) is 1. The first-order valence-corrected chi connectivity index (χ1v) is 8.20. The van der Waals surface area contributed by atoms with Crippen LogP contribution in [0.3, 0.4) is 0 Å². The van der Waals surface area contributed by atoms with E-state index in [-0.39, 0.29) is 17.2 Å². The lowest BCUT2D eigenvalue weighted by atomic mass is 10.0. The molecule has 0 saturated carbocycles. The first-order valence-electron chi connectivity index (χ1n) is 8.20. The van der Waals surface area contributed by atoms with E-state index >= 15 is 0 Å². The van der Waals surface area contributed by atoms with Crippen molar-refractivity contribution in [2.75, 3.05) is 33.7 Å². The second kappa shape index (κ2) is 7.41. The number of ether oxygens (including phenoxy) is 3. The van der Waals surface area contributed by atoms with Gasteiger partial charge in [0.25, 0.3) is 11.8 Å². The molecule has 7 heteroatoms. The highest BCUT2D eigenvalue weighted by Crippen LogP contribution is 2.35. The number of rotatable bonds is 6. The molecule has 0 aliphatic carbocycles. The van der Waals surface area contributed by atoms with E-state index in [9.17, 15) is 9.59 Å². The third-order valence-corrected chi connectivity index (χ3v) is 4.32. The smallest absolute Gasteiger partial charge is 0.277 e. The van der Waals surface area contributed by atoms with Gasteiger partial charge in [0.05, 0.1) is 26.9 Å². The molecular formula is C20H20N2O5. The van der Waals surface area contributed by atoms with Crippen molar-refractivity contribution in [2.24, 2.45) is 0 Å². The molecule has 27 heavy (non-hydrogen) atoms. The Bertz CT molecular complexity index is 918. The van der Waals surface area contributed by atoms with E-state index in [2.05, 4.69) is 5.32 Å². The lowest BCUT2D eigenvalue weighted by Crippen LogP contribution is -2.27. The zero-order valence-corrected chi connectivity index (χ0v) is 15.5. The van der Waals surface area contributed by atoms with Crippen LogP contribution in [-0.4, -0.2) is 45.1 Å². The second-order valence-corrected chi connectivity index (χ2v) is 5.84. The molecule has 0 atom stereocenters. The predicted molar refractivity (Wildman–Crippen MR) is 101 cm³/mol. The molecule has 0 spiro atoms. The SMILES string of the molecule is COc1ccc(NC2=C(c3ccc(OC)c(OC)c3)C(=O)N(C)C2=O)cc1. The van der Waals surface area contributed by atoms with Crippen LogP contribution in [0.2, 0.25) is 0 Å². The number of amides is 2. The molecule has 0 unspecified atom stereocenters. The monoisotopic (exact) mass is 368 g/mol. The standard InChI is InChI=1S/C20H20N2O5/c1-22-19(23)17(12-5-10-15(26-3)16(11-12)27-4)18(20(22)24)21-13-6-8-14(25-2)9-7-13/h5-11,21H,1-4H3. The van der Waals surface area contributed by atoms with Gasteiger partial charge in [0.2, 0.25) is 0 Å². The third kappa shape index (κ3) is 3.31. The number of likely N-dealkylation sites (N-methyl/N-ethyl adjacent to an activating group) is 1. The maximum Gasteiger partial charge on any atom is 0.277 e. The van der Waals surface area contributed by atoms with Crippen LogP contribution < -0.4 is 19.5 Å². The maximum atomic E-state index is 12.7. The van der Waals surface area contributed by atoms with E-state index in [4.69, 9.17) is 14.2 Å². The van der Waals surface area contributed by atoms with Gasteiger partial charge in [-0.15, -0.1) is 0 Å². The Morgan fingerprint density at radius 1 is 0.815 bits per heavy atom. The highest BCUT2D eigenvalue weighted by atomic mass is 16.5. The summed E-state index contributed by atoms with van der Waals surface area (Å²) in [6.45, 7) is 0. The zero-order chi connectivity index (χ0) is 19.6. The molecule has 3 rings (SSSR count). The molecule has 0 fully saturated rings. The van der Waals surface area contributed by atoms with Crippen molar-refractivity contribution in [3.05, 3.63) is 53.7 Å². The molecule has 140 valence electrons. The maximum absolute atomic E-state index is 12.7. The molecular weight excluding hydrogens is 348 g/mol. The quantitative estimate of drug-likeness (QED) is 0.790. The van der Waals surface area contributed by atoms with E-state index in [1.807, 2.05) is 0 Å². The largest absolute Gasteiger partial charge is 0.497 e. The normalized spacial score (nSPS) is 13.9. The fourth-order valence-electron chi connectivity index (χ4n) is 2.84. The minimum atomic E-state index is -0.402. The highest BCUT2D eigenvalue weighted by Gasteiger charge is 2.37. The number of hydrogen-bond donors (Lipinski definition) is 1. The van der Waals surface area contributed by atoms with Crippen LogP contribution in [0.4, 0.5) is 5.69 Å². The Kier molecular flexibility index (Phi) is 5.03. The van der Waals surface area contributed by atoms with Crippen LogP contribution in [0.5, 0.6) is 17.2 Å². The number of hydrogen-bond acceptors (Lipinski definition) is 6. The van der Waals surface area contributed by atoms with Crippen molar-refractivity contribution in [1.82, 2.24) is 4.90 Å². The summed E-state index contributed by atoms with van der Waals surface area (Å²) < 4.78 is 15.7. The van der Waals surface area contributed by atoms with Crippen LogP contribution >= 0.6 is 0 Å². The van der Waals surface area contributed by atoms with Gasteiger partial charge in [0, 0.05) is 12.7 Å². The summed E-state index contributed by atoms with van der Waals surface area (Å²) in [6, 6.07) is 12.2. The summed E-state index contributed by atoms with van der Waals surface area (Å²) in [5, 5.41) is 3.06. The van der Waals surface area contributed by atoms with Crippen LogP contribution in [0.25, 0.3) is 5.57 Å². The van der Waals surface area contributed by atoms with Gasteiger partial charge in [-0.05, 0) is 42.0 Å². The Hall–Kier alpha value is -3.48. The number of methoxy groups -OCH3 is 3. The summed E-state index contributed by atoms with van der Waals surface area (Å²) in [4.78, 5) is 26.4. The zero-order valence-electron chi connectivity index (χ0n) is 15.5. The Labute approximate surface area is 157 Å². The summed E-state index contributed by atoms with van der Waals surface area (Å²) >= 11 is 0. The number of carbonyl (C=O) groups is 2. The lowest BCUT2D eigenvalue weighted by Gasteiger charge is -2.11. The van der Waals surface area contributed by atoms with Gasteiger partial charge >= 0.3 is 0 Å². The number of anilines is 1. The summed E-state index contributed by atoms with van der Waals surface area (Å²) in [5.74, 6) is 0.919. The van der Waals surface area contributed by atoms with E-state index in [0.717, 1.165) is 4.90 Å². The Morgan fingerprint density at radius 2 is 1.48 bits per heavy atom. The minimum absolute atomic E-state index is 0.208. The highest BCUT2D eigenvalue weighted by molar-refractivity contribution is 6.36. The summed E-state index contributed by atoms with van der Waals surface area (Å²) in [7, 11) is 6.08. The van der Waals surface area contributed by atoms with Crippen LogP contribution in [0.15, 0.2) is 48.2 Å². The molecule has 0 radical (unpaired) electrons. The topological polar surface area (TPSA) is 77.1 Å². The fourth-order valence-corrected chi connectivity index (χ4v) is 2.84. The molecule has 1 aliphatic heterocycles. The predicted octanol–water partition coefficient (Wildman–Crippen LogP) is 2.53. The van der Waals surface area contributed by atoms with E-state index in [0.29, 0.717) is 28.5 Å². The average Bonchev–Trinajstić information content (AvgIpc) is 2.91. The molecule has 2 aromatic carbocycles.